The second-order valence-corrected chi connectivity index (χ2v) is 8.61. The van der Waals surface area contributed by atoms with Crippen LogP contribution < -0.4 is 20.8 Å². The van der Waals surface area contributed by atoms with Crippen molar-refractivity contribution in [2.45, 2.75) is 20.3 Å². The van der Waals surface area contributed by atoms with Gasteiger partial charge in [-0.25, -0.2) is 9.67 Å². The summed E-state index contributed by atoms with van der Waals surface area (Å²) in [6, 6.07) is 16.2. The van der Waals surface area contributed by atoms with E-state index in [1.54, 1.807) is 29.0 Å². The van der Waals surface area contributed by atoms with Gasteiger partial charge in [0.15, 0.2) is 5.69 Å². The van der Waals surface area contributed by atoms with Gasteiger partial charge in [0.2, 0.25) is 11.3 Å². The van der Waals surface area contributed by atoms with Crippen molar-refractivity contribution in [2.75, 3.05) is 18.6 Å². The summed E-state index contributed by atoms with van der Waals surface area (Å²) < 4.78 is 7.18. The fourth-order valence-electron chi connectivity index (χ4n) is 3.86. The summed E-state index contributed by atoms with van der Waals surface area (Å²) >= 11 is 0. The van der Waals surface area contributed by atoms with E-state index in [2.05, 4.69) is 10.1 Å². The number of methoxy groups -OCH3 is 1. The molecule has 1 aliphatic heterocycles. The van der Waals surface area contributed by atoms with Gasteiger partial charge in [0.05, 0.1) is 18.5 Å². The van der Waals surface area contributed by atoms with E-state index >= 15 is 0 Å². The van der Waals surface area contributed by atoms with Crippen LogP contribution in [-0.4, -0.2) is 35.1 Å². The molecule has 0 radical (unpaired) electrons. The summed E-state index contributed by atoms with van der Waals surface area (Å²) in [4.78, 5) is 31.8. The number of para-hydroxylation sites is 1. The minimum Gasteiger partial charge on any atom is -0.494 e. The molecule has 0 bridgehead atoms. The lowest BCUT2D eigenvalue weighted by Gasteiger charge is -2.21. The lowest BCUT2D eigenvalue weighted by Crippen LogP contribution is -2.30. The number of amides is 1. The zero-order valence-corrected chi connectivity index (χ0v) is 19.4. The van der Waals surface area contributed by atoms with Crippen molar-refractivity contribution in [1.82, 2.24) is 9.78 Å². The van der Waals surface area contributed by atoms with E-state index in [9.17, 15) is 9.59 Å². The molecule has 3 aromatic rings. The number of anilines is 1. The molecular formula is C26H27N5O3. The number of benzene rings is 2. The highest BCUT2D eigenvalue weighted by molar-refractivity contribution is 6.08. The van der Waals surface area contributed by atoms with Crippen molar-refractivity contribution in [3.05, 3.63) is 89.0 Å². The number of nitrogens with two attached hydrogens (primary N) is 1. The molecule has 0 aliphatic carbocycles. The Morgan fingerprint density at radius 2 is 1.91 bits per heavy atom. The Labute approximate surface area is 198 Å². The lowest BCUT2D eigenvalue weighted by atomic mass is 9.92. The number of carbonyl (C=O) groups excluding carboxylic acids is 1. The zero-order chi connectivity index (χ0) is 24.3. The summed E-state index contributed by atoms with van der Waals surface area (Å²) in [6.07, 6.45) is 5.23. The van der Waals surface area contributed by atoms with Gasteiger partial charge in [-0.1, -0.05) is 32.0 Å². The number of carbonyl (C=O) groups is 1. The van der Waals surface area contributed by atoms with Gasteiger partial charge >= 0.3 is 0 Å². The fourth-order valence-corrected chi connectivity index (χ4v) is 3.86. The van der Waals surface area contributed by atoms with E-state index < -0.39 is 0 Å². The maximum absolute atomic E-state index is 12.8. The van der Waals surface area contributed by atoms with E-state index in [1.165, 1.54) is 12.3 Å². The molecule has 1 amide bonds. The third kappa shape index (κ3) is 4.47. The topological polar surface area (TPSA) is 103 Å². The molecule has 4 rings (SSSR count). The van der Waals surface area contributed by atoms with Gasteiger partial charge in [-0.05, 0) is 43.0 Å². The fraction of sp³-hybridized carbons (Fsp3) is 0.231. The Bertz CT molecular complexity index is 1330. The molecule has 1 aliphatic rings. The first-order valence-corrected chi connectivity index (χ1v) is 11.0. The van der Waals surface area contributed by atoms with Gasteiger partial charge in [0, 0.05) is 36.0 Å². The third-order valence-electron chi connectivity index (χ3n) is 5.82. The van der Waals surface area contributed by atoms with Crippen LogP contribution in [0.1, 0.15) is 26.0 Å². The predicted octanol–water partition coefficient (Wildman–Crippen LogP) is 3.60. The maximum atomic E-state index is 12.8. The number of nitrogens with zero attached hydrogens (tertiary/aromatic N) is 4. The molecule has 0 spiro atoms. The number of ether oxygens (including phenoxy) is 1. The largest absolute Gasteiger partial charge is 0.494 e. The maximum Gasteiger partial charge on any atom is 0.232 e. The van der Waals surface area contributed by atoms with Gasteiger partial charge in [0.1, 0.15) is 11.4 Å². The summed E-state index contributed by atoms with van der Waals surface area (Å²) in [5.74, 6) is 0.606. The summed E-state index contributed by atoms with van der Waals surface area (Å²) in [6.45, 7) is 4.56. The highest BCUT2D eigenvalue weighted by Gasteiger charge is 2.39. The Morgan fingerprint density at radius 1 is 1.15 bits per heavy atom. The molecule has 0 unspecified atom stereocenters. The van der Waals surface area contributed by atoms with Crippen LogP contribution in [0.5, 0.6) is 5.75 Å². The summed E-state index contributed by atoms with van der Waals surface area (Å²) in [5.41, 5.74) is 7.49. The number of aromatic nitrogens is 2. The number of aliphatic imine (C=N–C) groups is 1. The molecule has 2 N–H and O–H groups in total. The molecule has 8 nitrogen and oxygen atoms in total. The molecule has 8 heteroatoms. The van der Waals surface area contributed by atoms with Crippen LogP contribution in [0.2, 0.25) is 0 Å². The Hall–Kier alpha value is -4.20. The Balaban J connectivity index is 1.76. The van der Waals surface area contributed by atoms with Gasteiger partial charge in [0.25, 0.3) is 0 Å². The minimum absolute atomic E-state index is 0.0846. The number of rotatable bonds is 6. The molecule has 34 heavy (non-hydrogen) atoms. The number of hydrogen-bond donors (Lipinski definition) is 1. The van der Waals surface area contributed by atoms with E-state index in [4.69, 9.17) is 10.5 Å². The van der Waals surface area contributed by atoms with Gasteiger partial charge in [-0.15, -0.1) is 0 Å². The zero-order valence-electron chi connectivity index (χ0n) is 19.4. The van der Waals surface area contributed by atoms with E-state index in [-0.39, 0.29) is 22.4 Å². The highest BCUT2D eigenvalue weighted by atomic mass is 16.5. The molecule has 1 fully saturated rings. The van der Waals surface area contributed by atoms with Crippen LogP contribution in [0.4, 0.5) is 11.4 Å². The van der Waals surface area contributed by atoms with Crippen molar-refractivity contribution >= 4 is 23.0 Å². The summed E-state index contributed by atoms with van der Waals surface area (Å²) in [7, 11) is 1.56. The SMILES string of the molecule is COc1cc(N2CCC(C)(C)C2=O)ccc1-n1ccc(=O)c(C(C=CN)=Nc2ccccc2)n1. The average Bonchev–Trinajstić information content (AvgIpc) is 3.12. The second kappa shape index (κ2) is 9.35. The molecule has 0 atom stereocenters. The Kier molecular flexibility index (Phi) is 6.32. The van der Waals surface area contributed by atoms with Crippen LogP contribution in [0.3, 0.4) is 0 Å². The van der Waals surface area contributed by atoms with Crippen LogP contribution >= 0.6 is 0 Å². The first-order chi connectivity index (χ1) is 16.3. The number of hydrogen-bond acceptors (Lipinski definition) is 6. The normalized spacial score (nSPS) is 15.8. The molecular weight excluding hydrogens is 430 g/mol. The van der Waals surface area contributed by atoms with Crippen molar-refractivity contribution in [2.24, 2.45) is 16.1 Å². The molecule has 1 aromatic heterocycles. The van der Waals surface area contributed by atoms with E-state index in [1.807, 2.05) is 62.4 Å². The smallest absolute Gasteiger partial charge is 0.232 e. The third-order valence-corrected chi connectivity index (χ3v) is 5.82. The lowest BCUT2D eigenvalue weighted by molar-refractivity contribution is -0.123. The van der Waals surface area contributed by atoms with Crippen molar-refractivity contribution in [3.8, 4) is 11.4 Å². The second-order valence-electron chi connectivity index (χ2n) is 8.61. The van der Waals surface area contributed by atoms with Crippen LogP contribution in [0, 0.1) is 5.41 Å². The van der Waals surface area contributed by atoms with Crippen LogP contribution in [0.15, 0.2) is 82.9 Å². The van der Waals surface area contributed by atoms with Crippen LogP contribution in [-0.2, 0) is 4.79 Å². The van der Waals surface area contributed by atoms with Crippen molar-refractivity contribution < 1.29 is 9.53 Å². The quantitative estimate of drug-likeness (QED) is 0.570. The van der Waals surface area contributed by atoms with Crippen molar-refractivity contribution in [1.29, 1.82) is 0 Å². The standard InChI is InChI=1S/C26H27N5O3/c1-26(2)13-16-30(25(26)33)19-9-10-21(23(17-19)34-3)31-15-12-22(32)24(29-31)20(11-14-27)28-18-7-5-4-6-8-18/h4-12,14-15,17H,13,16,27H2,1-3H3. The Morgan fingerprint density at radius 3 is 2.56 bits per heavy atom. The summed E-state index contributed by atoms with van der Waals surface area (Å²) in [5, 5.41) is 4.54. The van der Waals surface area contributed by atoms with E-state index in [0.717, 1.165) is 12.1 Å². The van der Waals surface area contributed by atoms with Gasteiger partial charge < -0.3 is 15.4 Å². The predicted molar refractivity (Wildman–Crippen MR) is 133 cm³/mol. The first-order valence-electron chi connectivity index (χ1n) is 11.0. The minimum atomic E-state index is -0.383. The van der Waals surface area contributed by atoms with Crippen molar-refractivity contribution in [3.63, 3.8) is 0 Å². The monoisotopic (exact) mass is 457 g/mol. The van der Waals surface area contributed by atoms with Gasteiger partial charge in [-0.2, -0.15) is 5.10 Å². The van der Waals surface area contributed by atoms with Crippen LogP contribution in [0.25, 0.3) is 5.69 Å². The average molecular weight is 458 g/mol. The van der Waals surface area contributed by atoms with E-state index in [0.29, 0.717) is 29.4 Å². The van der Waals surface area contributed by atoms with Gasteiger partial charge in [-0.3, -0.25) is 9.59 Å². The molecule has 174 valence electrons. The molecule has 1 saturated heterocycles. The molecule has 2 heterocycles. The first kappa shape index (κ1) is 23.0. The number of allylic oxidation sites excluding steroid dienone is 1. The molecule has 2 aromatic carbocycles. The highest BCUT2D eigenvalue weighted by Crippen LogP contribution is 2.36. The molecule has 0 saturated carbocycles.